The topological polar surface area (TPSA) is 55.1 Å². The Morgan fingerprint density at radius 2 is 1.95 bits per heavy atom. The van der Waals surface area contributed by atoms with E-state index in [1.54, 1.807) is 6.07 Å². The zero-order valence-corrected chi connectivity index (χ0v) is 13.8. The number of benzene rings is 1. The van der Waals surface area contributed by atoms with Crippen LogP contribution in [0, 0.1) is 5.41 Å². The molecule has 5 heteroatoms. The second-order valence-corrected chi connectivity index (χ2v) is 6.74. The second-order valence-electron chi connectivity index (χ2n) is 5.48. The maximum absolute atomic E-state index is 12.6. The van der Waals surface area contributed by atoms with Gasteiger partial charge in [0.25, 0.3) is 0 Å². The molecule has 1 aromatic carbocycles. The Bertz CT molecular complexity index is 485. The molecule has 3 nitrogen and oxygen atoms in total. The Kier molecular flexibility index (Phi) is 5.47. The third-order valence-corrected chi connectivity index (χ3v) is 5.34. The predicted molar refractivity (Wildman–Crippen MR) is 87.0 cm³/mol. The van der Waals surface area contributed by atoms with E-state index < -0.39 is 5.41 Å². The monoisotopic (exact) mass is 358 g/mol. The number of anilines is 1. The fourth-order valence-electron chi connectivity index (χ4n) is 2.77. The Labute approximate surface area is 133 Å². The predicted octanol–water partition coefficient (Wildman–Crippen LogP) is 4.34. The molecule has 20 heavy (non-hydrogen) atoms. The van der Waals surface area contributed by atoms with Gasteiger partial charge in [0, 0.05) is 16.7 Å². The van der Waals surface area contributed by atoms with Crippen LogP contribution in [0.5, 0.6) is 0 Å². The Morgan fingerprint density at radius 1 is 1.30 bits per heavy atom. The van der Waals surface area contributed by atoms with Gasteiger partial charge in [0.15, 0.2) is 0 Å². The quantitative estimate of drug-likeness (QED) is 0.789. The molecule has 0 atom stereocenters. The highest BCUT2D eigenvalue weighted by Gasteiger charge is 2.37. The highest BCUT2D eigenvalue weighted by atomic mass is 79.9. The fourth-order valence-corrected chi connectivity index (χ4v) is 3.19. The SMILES string of the molecule is NCC1(C(=O)Nc2ccc(Br)c(Cl)c2)CCCCCC1. The van der Waals surface area contributed by atoms with Crippen molar-refractivity contribution < 1.29 is 4.79 Å². The Balaban J connectivity index is 2.14. The van der Waals surface area contributed by atoms with Crippen LogP contribution in [0.15, 0.2) is 22.7 Å². The molecule has 0 radical (unpaired) electrons. The molecule has 1 fully saturated rings. The van der Waals surface area contributed by atoms with Gasteiger partial charge in [-0.15, -0.1) is 0 Å². The van der Waals surface area contributed by atoms with Crippen LogP contribution in [0.25, 0.3) is 0 Å². The van der Waals surface area contributed by atoms with Crippen LogP contribution in [0.2, 0.25) is 5.02 Å². The maximum Gasteiger partial charge on any atom is 0.231 e. The summed E-state index contributed by atoms with van der Waals surface area (Å²) in [6, 6.07) is 5.43. The summed E-state index contributed by atoms with van der Waals surface area (Å²) in [6.07, 6.45) is 6.29. The molecule has 0 aliphatic heterocycles. The first-order valence-electron chi connectivity index (χ1n) is 7.04. The molecule has 110 valence electrons. The van der Waals surface area contributed by atoms with Crippen molar-refractivity contribution in [3.05, 3.63) is 27.7 Å². The average molecular weight is 360 g/mol. The van der Waals surface area contributed by atoms with E-state index in [0.29, 0.717) is 11.6 Å². The molecule has 2 rings (SSSR count). The van der Waals surface area contributed by atoms with Crippen molar-refractivity contribution in [2.45, 2.75) is 38.5 Å². The molecule has 1 amide bonds. The number of rotatable bonds is 3. The van der Waals surface area contributed by atoms with Crippen LogP contribution < -0.4 is 11.1 Å². The van der Waals surface area contributed by atoms with Crippen LogP contribution >= 0.6 is 27.5 Å². The fraction of sp³-hybridized carbons (Fsp3) is 0.533. The number of hydrogen-bond acceptors (Lipinski definition) is 2. The van der Waals surface area contributed by atoms with E-state index in [0.717, 1.165) is 35.8 Å². The van der Waals surface area contributed by atoms with Gasteiger partial charge < -0.3 is 11.1 Å². The molecule has 0 aromatic heterocycles. The number of amides is 1. The van der Waals surface area contributed by atoms with Crippen molar-refractivity contribution in [2.24, 2.45) is 11.1 Å². The van der Waals surface area contributed by atoms with E-state index in [1.807, 2.05) is 12.1 Å². The van der Waals surface area contributed by atoms with Gasteiger partial charge in [-0.3, -0.25) is 4.79 Å². The van der Waals surface area contributed by atoms with Crippen LogP contribution in [-0.4, -0.2) is 12.5 Å². The van der Waals surface area contributed by atoms with Gasteiger partial charge in [-0.2, -0.15) is 0 Å². The lowest BCUT2D eigenvalue weighted by Crippen LogP contribution is -2.42. The van der Waals surface area contributed by atoms with Crippen LogP contribution in [-0.2, 0) is 4.79 Å². The van der Waals surface area contributed by atoms with Crippen molar-refractivity contribution in [3.63, 3.8) is 0 Å². The standard InChI is InChI=1S/C15H20BrClN2O/c16-12-6-5-11(9-13(12)17)19-14(20)15(10-18)7-3-1-2-4-8-15/h5-6,9H,1-4,7-8,10,18H2,(H,19,20). The zero-order valence-electron chi connectivity index (χ0n) is 11.4. The maximum atomic E-state index is 12.6. The normalized spacial score (nSPS) is 18.4. The van der Waals surface area contributed by atoms with E-state index in [1.165, 1.54) is 12.8 Å². The average Bonchev–Trinajstić information content (AvgIpc) is 2.69. The summed E-state index contributed by atoms with van der Waals surface area (Å²) >= 11 is 9.40. The molecule has 1 aliphatic carbocycles. The summed E-state index contributed by atoms with van der Waals surface area (Å²) in [5.41, 5.74) is 6.22. The minimum absolute atomic E-state index is 0.0280. The minimum Gasteiger partial charge on any atom is -0.329 e. The van der Waals surface area contributed by atoms with Crippen molar-refractivity contribution in [2.75, 3.05) is 11.9 Å². The second kappa shape index (κ2) is 6.92. The van der Waals surface area contributed by atoms with Gasteiger partial charge in [0.2, 0.25) is 5.91 Å². The molecule has 1 aliphatic rings. The molecular weight excluding hydrogens is 340 g/mol. The van der Waals surface area contributed by atoms with Crippen molar-refractivity contribution in [1.29, 1.82) is 0 Å². The third kappa shape index (κ3) is 3.54. The number of nitrogens with one attached hydrogen (secondary N) is 1. The molecule has 1 saturated carbocycles. The van der Waals surface area contributed by atoms with Gasteiger partial charge in [0.05, 0.1) is 10.4 Å². The highest BCUT2D eigenvalue weighted by molar-refractivity contribution is 9.10. The van der Waals surface area contributed by atoms with Gasteiger partial charge in [-0.05, 0) is 47.0 Å². The van der Waals surface area contributed by atoms with Crippen LogP contribution in [0.1, 0.15) is 38.5 Å². The lowest BCUT2D eigenvalue weighted by atomic mass is 9.79. The number of halogens is 2. The van der Waals surface area contributed by atoms with Crippen LogP contribution in [0.4, 0.5) is 5.69 Å². The summed E-state index contributed by atoms with van der Waals surface area (Å²) in [7, 11) is 0. The first-order valence-corrected chi connectivity index (χ1v) is 8.21. The summed E-state index contributed by atoms with van der Waals surface area (Å²) in [4.78, 5) is 12.6. The van der Waals surface area contributed by atoms with Gasteiger partial charge in [0.1, 0.15) is 0 Å². The first-order chi connectivity index (χ1) is 9.57. The first kappa shape index (κ1) is 15.8. The van der Waals surface area contributed by atoms with Gasteiger partial charge >= 0.3 is 0 Å². The molecule has 0 heterocycles. The van der Waals surface area contributed by atoms with E-state index in [9.17, 15) is 4.79 Å². The molecule has 0 unspecified atom stereocenters. The van der Waals surface area contributed by atoms with Crippen molar-refractivity contribution >= 4 is 39.1 Å². The molecule has 0 spiro atoms. The third-order valence-electron chi connectivity index (χ3n) is 4.11. The van der Waals surface area contributed by atoms with Crippen LogP contribution in [0.3, 0.4) is 0 Å². The van der Waals surface area contributed by atoms with E-state index in [4.69, 9.17) is 17.3 Å². The lowest BCUT2D eigenvalue weighted by molar-refractivity contribution is -0.125. The summed E-state index contributed by atoms with van der Waals surface area (Å²) in [6.45, 7) is 0.406. The largest absolute Gasteiger partial charge is 0.329 e. The van der Waals surface area contributed by atoms with Crippen molar-refractivity contribution in [3.8, 4) is 0 Å². The van der Waals surface area contributed by atoms with Crippen molar-refractivity contribution in [1.82, 2.24) is 0 Å². The summed E-state index contributed by atoms with van der Waals surface area (Å²) in [5, 5.41) is 3.56. The molecule has 0 bridgehead atoms. The smallest absolute Gasteiger partial charge is 0.231 e. The lowest BCUT2D eigenvalue weighted by Gasteiger charge is -2.29. The molecular formula is C15H20BrClN2O. The summed E-state index contributed by atoms with van der Waals surface area (Å²) < 4.78 is 0.820. The number of carbonyl (C=O) groups excluding carboxylic acids is 1. The zero-order chi connectivity index (χ0) is 14.6. The minimum atomic E-state index is -0.421. The van der Waals surface area contributed by atoms with E-state index in [-0.39, 0.29) is 5.91 Å². The van der Waals surface area contributed by atoms with E-state index >= 15 is 0 Å². The molecule has 3 N–H and O–H groups in total. The number of hydrogen-bond donors (Lipinski definition) is 2. The molecule has 0 saturated heterocycles. The van der Waals surface area contributed by atoms with E-state index in [2.05, 4.69) is 21.2 Å². The Morgan fingerprint density at radius 3 is 2.50 bits per heavy atom. The highest BCUT2D eigenvalue weighted by Crippen LogP contribution is 2.35. The summed E-state index contributed by atoms with van der Waals surface area (Å²) in [5.74, 6) is 0.0280. The molecule has 1 aromatic rings. The number of carbonyl (C=O) groups is 1. The van der Waals surface area contributed by atoms with Gasteiger partial charge in [-0.25, -0.2) is 0 Å². The Hall–Kier alpha value is -0.580. The number of nitrogens with two attached hydrogens (primary N) is 1. The van der Waals surface area contributed by atoms with Gasteiger partial charge in [-0.1, -0.05) is 37.3 Å².